The third-order valence-electron chi connectivity index (χ3n) is 2.31. The van der Waals surface area contributed by atoms with Gasteiger partial charge in [0.15, 0.2) is 0 Å². The second-order valence-corrected chi connectivity index (χ2v) is 8.04. The van der Waals surface area contributed by atoms with Crippen LogP contribution in [0.25, 0.3) is 6.15 Å². The molecule has 4 nitrogen and oxygen atoms in total. The predicted molar refractivity (Wildman–Crippen MR) is 100.0 cm³/mol. The molecule has 0 bridgehead atoms. The summed E-state index contributed by atoms with van der Waals surface area (Å²) in [4.78, 5) is 0. The summed E-state index contributed by atoms with van der Waals surface area (Å²) in [5, 5.41) is 7.00. The first kappa shape index (κ1) is 29.8. The summed E-state index contributed by atoms with van der Waals surface area (Å²) in [6.45, 7) is 26.5. The molecule has 0 amide bonds. The Morgan fingerprint density at radius 1 is 0.318 bits per heavy atom. The number of nitrogens with two attached hydrogens (primary N) is 3. The molecule has 0 spiro atoms. The van der Waals surface area contributed by atoms with Gasteiger partial charge in [-0.05, 0) is 83.1 Å². The van der Waals surface area contributed by atoms with Crippen molar-refractivity contribution in [3.8, 4) is 0 Å². The van der Waals surface area contributed by atoms with Crippen molar-refractivity contribution in [3.05, 3.63) is 6.15 Å². The summed E-state index contributed by atoms with van der Waals surface area (Å²) in [6.07, 6.45) is 0. The molecule has 0 aliphatic carbocycles. The molecule has 0 aliphatic rings. The van der Waals surface area contributed by atoms with Crippen LogP contribution in [-0.2, 0) is 0 Å². The highest BCUT2D eigenvalue weighted by Gasteiger charge is 1.98. The standard InChI is InChI=1S/3C6H15N.N/c3*1-5(2)7-6(3)4;/h3*5-7H,1-4H3;/q;;;-3/p+3. The molecule has 0 aliphatic heterocycles. The Labute approximate surface area is 142 Å². The monoisotopic (exact) mass is 320 g/mol. The van der Waals surface area contributed by atoms with Crippen molar-refractivity contribution in [1.29, 1.82) is 0 Å². The van der Waals surface area contributed by atoms with Gasteiger partial charge in [-0.2, -0.15) is 0 Å². The van der Waals surface area contributed by atoms with Gasteiger partial charge in [-0.3, -0.25) is 0 Å². The van der Waals surface area contributed by atoms with Crippen LogP contribution in [-0.4, -0.2) is 36.3 Å². The normalized spacial score (nSPS) is 10.6. The maximum Gasteiger partial charge on any atom is 0.0803 e. The van der Waals surface area contributed by atoms with Crippen molar-refractivity contribution in [3.63, 3.8) is 0 Å². The lowest BCUT2D eigenvalue weighted by atomic mass is 10.3. The molecule has 0 atom stereocenters. The lowest BCUT2D eigenvalue weighted by Crippen LogP contribution is -2.92. The Morgan fingerprint density at radius 2 is 0.409 bits per heavy atom. The smallest absolute Gasteiger partial charge is 0.0803 e. The first-order valence-electron chi connectivity index (χ1n) is 8.93. The van der Waals surface area contributed by atoms with Gasteiger partial charge in [-0.15, -0.1) is 0 Å². The van der Waals surface area contributed by atoms with Crippen LogP contribution in [0.3, 0.4) is 0 Å². The summed E-state index contributed by atoms with van der Waals surface area (Å²) in [5.74, 6) is 0. The van der Waals surface area contributed by atoms with Crippen LogP contribution in [0, 0.1) is 0 Å². The van der Waals surface area contributed by atoms with E-state index in [-0.39, 0.29) is 6.15 Å². The van der Waals surface area contributed by atoms with Crippen molar-refractivity contribution >= 4 is 0 Å². The minimum atomic E-state index is 0. The van der Waals surface area contributed by atoms with E-state index in [1.54, 1.807) is 0 Å². The second kappa shape index (κ2) is 18.9. The maximum atomic E-state index is 2.33. The summed E-state index contributed by atoms with van der Waals surface area (Å²) in [6, 6.07) is 4.50. The van der Waals surface area contributed by atoms with Crippen LogP contribution in [0.4, 0.5) is 0 Å². The van der Waals surface area contributed by atoms with E-state index >= 15 is 0 Å². The van der Waals surface area contributed by atoms with E-state index in [2.05, 4.69) is 99.0 Å². The molecule has 0 heterocycles. The van der Waals surface area contributed by atoms with Crippen LogP contribution < -0.4 is 16.0 Å². The van der Waals surface area contributed by atoms with Gasteiger partial charge in [0, 0.05) is 0 Å². The van der Waals surface area contributed by atoms with Crippen LogP contribution in [0.1, 0.15) is 83.1 Å². The Bertz CT molecular complexity index is 136. The van der Waals surface area contributed by atoms with Crippen molar-refractivity contribution in [1.82, 2.24) is 0 Å². The van der Waals surface area contributed by atoms with Crippen molar-refractivity contribution < 1.29 is 16.0 Å². The second-order valence-electron chi connectivity index (χ2n) is 8.04. The largest absolute Gasteiger partial charge is 3.00 e. The number of quaternary nitrogens is 3. The molecule has 0 aromatic rings. The first-order valence-corrected chi connectivity index (χ1v) is 8.93. The van der Waals surface area contributed by atoms with Gasteiger partial charge >= 0.3 is 0 Å². The highest BCUT2D eigenvalue weighted by molar-refractivity contribution is 4.32. The SMILES string of the molecule is CC(C)[NH2+]C(C)C.CC(C)[NH2+]C(C)C.CC(C)[NH2+]C(C)C.[N-3]. The summed E-state index contributed by atoms with van der Waals surface area (Å²) < 4.78 is 0. The molecular formula is C18H48N4. The summed E-state index contributed by atoms with van der Waals surface area (Å²) >= 11 is 0. The zero-order valence-electron chi connectivity index (χ0n) is 17.6. The Morgan fingerprint density at radius 3 is 0.409 bits per heavy atom. The fourth-order valence-electron chi connectivity index (χ4n) is 2.31. The molecule has 0 fully saturated rings. The third kappa shape index (κ3) is 50.2. The van der Waals surface area contributed by atoms with E-state index in [9.17, 15) is 0 Å². The Hall–Kier alpha value is -0.160. The van der Waals surface area contributed by atoms with Gasteiger partial charge in [-0.25, -0.2) is 0 Å². The van der Waals surface area contributed by atoms with Gasteiger partial charge in [0.1, 0.15) is 0 Å². The van der Waals surface area contributed by atoms with Gasteiger partial charge in [0.2, 0.25) is 0 Å². The highest BCUT2D eigenvalue weighted by Crippen LogP contribution is 1.68. The highest BCUT2D eigenvalue weighted by atomic mass is 14.9. The first-order chi connectivity index (χ1) is 9.38. The summed E-state index contributed by atoms with van der Waals surface area (Å²) in [5.41, 5.74) is 0. The van der Waals surface area contributed by atoms with E-state index in [4.69, 9.17) is 0 Å². The van der Waals surface area contributed by atoms with Crippen LogP contribution in [0.2, 0.25) is 0 Å². The molecule has 0 radical (unpaired) electrons. The molecule has 0 saturated carbocycles. The fraction of sp³-hybridized carbons (Fsp3) is 1.00. The van der Waals surface area contributed by atoms with Gasteiger partial charge < -0.3 is 22.1 Å². The number of hydrogen-bond acceptors (Lipinski definition) is 0. The molecule has 0 aromatic carbocycles. The van der Waals surface area contributed by atoms with Gasteiger partial charge in [0.25, 0.3) is 0 Å². The Balaban J connectivity index is -0.000000108. The molecule has 0 unspecified atom stereocenters. The molecule has 6 N–H and O–H groups in total. The van der Waals surface area contributed by atoms with E-state index in [1.165, 1.54) is 0 Å². The van der Waals surface area contributed by atoms with E-state index < -0.39 is 0 Å². The quantitative estimate of drug-likeness (QED) is 0.661. The average molecular weight is 321 g/mol. The summed E-state index contributed by atoms with van der Waals surface area (Å²) in [7, 11) is 0. The van der Waals surface area contributed by atoms with Gasteiger partial charge in [0.05, 0.1) is 36.3 Å². The van der Waals surface area contributed by atoms with E-state index in [0.717, 1.165) is 36.3 Å². The van der Waals surface area contributed by atoms with Crippen molar-refractivity contribution in [2.75, 3.05) is 0 Å². The zero-order chi connectivity index (χ0) is 17.6. The third-order valence-corrected chi connectivity index (χ3v) is 2.31. The lowest BCUT2D eigenvalue weighted by Gasteiger charge is -3.00. The molecular weight excluding hydrogens is 272 g/mol. The Kier molecular flexibility index (Phi) is 25.6. The predicted octanol–water partition coefficient (Wildman–Crippen LogP) is 1.39. The molecule has 0 rings (SSSR count). The number of rotatable bonds is 6. The van der Waals surface area contributed by atoms with Crippen LogP contribution in [0.5, 0.6) is 0 Å². The molecule has 4 heteroatoms. The van der Waals surface area contributed by atoms with E-state index in [0.29, 0.717) is 0 Å². The van der Waals surface area contributed by atoms with Gasteiger partial charge in [-0.1, -0.05) is 0 Å². The lowest BCUT2D eigenvalue weighted by molar-refractivity contribution is -0.709. The maximum absolute atomic E-state index is 2.33. The zero-order valence-corrected chi connectivity index (χ0v) is 17.6. The molecule has 0 saturated heterocycles. The topological polar surface area (TPSA) is 80.3 Å². The van der Waals surface area contributed by atoms with Crippen molar-refractivity contribution in [2.45, 2.75) is 119 Å². The van der Waals surface area contributed by atoms with Crippen LogP contribution in [0.15, 0.2) is 0 Å². The minimum absolute atomic E-state index is 0. The van der Waals surface area contributed by atoms with Crippen LogP contribution >= 0.6 is 0 Å². The average Bonchev–Trinajstić information content (AvgIpc) is 2.10. The van der Waals surface area contributed by atoms with E-state index in [1.807, 2.05) is 0 Å². The molecule has 0 aromatic heterocycles. The molecule has 22 heavy (non-hydrogen) atoms. The minimum Gasteiger partial charge on any atom is -3.00 e. The van der Waals surface area contributed by atoms with Crippen molar-refractivity contribution in [2.24, 2.45) is 0 Å². The number of hydrogen-bond donors (Lipinski definition) is 3. The number of nitrogens with zero attached hydrogens (tertiary/aromatic N) is 1. The molecule has 140 valence electrons. The fourth-order valence-corrected chi connectivity index (χ4v) is 2.31.